The number of fused-ring (bicyclic) bond motifs is 1. The highest BCUT2D eigenvalue weighted by molar-refractivity contribution is 7.91. The van der Waals surface area contributed by atoms with E-state index >= 15 is 0 Å². The number of carbonyl (C=O) groups excluding carboxylic acids is 2. The summed E-state index contributed by atoms with van der Waals surface area (Å²) < 4.78 is 33.2. The number of rotatable bonds is 7. The van der Waals surface area contributed by atoms with Crippen LogP contribution in [0.2, 0.25) is 4.34 Å². The average molecular weight is 594 g/mol. The molecule has 1 fully saturated rings. The molecule has 0 bridgehead atoms. The quantitative estimate of drug-likeness (QED) is 0.394. The molecule has 2 aliphatic rings. The molecule has 0 radical (unpaired) electrons. The molecule has 1 N–H and O–H groups in total. The van der Waals surface area contributed by atoms with Crippen LogP contribution >= 0.6 is 34.3 Å². The van der Waals surface area contributed by atoms with Crippen LogP contribution in [0.25, 0.3) is 0 Å². The maximum Gasteiger partial charge on any atom is 0.341 e. The molecule has 2 aromatic heterocycles. The number of halogens is 1. The Morgan fingerprint density at radius 3 is 2.63 bits per heavy atom. The second-order valence-electron chi connectivity index (χ2n) is 9.40. The number of nitrogens with one attached hydrogen (secondary N) is 1. The van der Waals surface area contributed by atoms with Crippen molar-refractivity contribution in [3.8, 4) is 0 Å². The van der Waals surface area contributed by atoms with Gasteiger partial charge in [-0.05, 0) is 42.5 Å². The van der Waals surface area contributed by atoms with E-state index in [0.29, 0.717) is 47.3 Å². The van der Waals surface area contributed by atoms with Crippen LogP contribution in [0.4, 0.5) is 5.00 Å². The maximum atomic E-state index is 13.4. The van der Waals surface area contributed by atoms with Crippen molar-refractivity contribution in [2.24, 2.45) is 5.92 Å². The zero-order valence-corrected chi connectivity index (χ0v) is 24.0. The zero-order chi connectivity index (χ0) is 26.9. The van der Waals surface area contributed by atoms with Crippen LogP contribution in [0.5, 0.6) is 0 Å². The van der Waals surface area contributed by atoms with Gasteiger partial charge in [-0.15, -0.1) is 22.7 Å². The lowest BCUT2D eigenvalue weighted by Gasteiger charge is -2.30. The van der Waals surface area contributed by atoms with Gasteiger partial charge in [0.05, 0.1) is 22.9 Å². The summed E-state index contributed by atoms with van der Waals surface area (Å²) in [6.45, 7) is 2.69. The summed E-state index contributed by atoms with van der Waals surface area (Å²) in [6, 6.07) is 13.3. The third kappa shape index (κ3) is 5.68. The molecule has 1 saturated heterocycles. The highest BCUT2D eigenvalue weighted by Crippen LogP contribution is 2.39. The molecule has 1 unspecified atom stereocenters. The minimum absolute atomic E-state index is 0.0766. The third-order valence-corrected chi connectivity index (χ3v) is 11.6. The Morgan fingerprint density at radius 1 is 1.13 bits per heavy atom. The number of piperidine rings is 1. The van der Waals surface area contributed by atoms with E-state index in [2.05, 4.69) is 22.3 Å². The first-order valence-electron chi connectivity index (χ1n) is 12.3. The van der Waals surface area contributed by atoms with Gasteiger partial charge >= 0.3 is 5.97 Å². The summed E-state index contributed by atoms with van der Waals surface area (Å²) in [6.07, 6.45) is 1.81. The number of methoxy groups -OCH3 is 1. The van der Waals surface area contributed by atoms with Gasteiger partial charge in [-0.2, -0.15) is 4.31 Å². The van der Waals surface area contributed by atoms with E-state index < -0.39 is 21.9 Å². The van der Waals surface area contributed by atoms with Crippen molar-refractivity contribution in [2.45, 2.75) is 36.6 Å². The first-order valence-corrected chi connectivity index (χ1v) is 15.8. The van der Waals surface area contributed by atoms with Crippen molar-refractivity contribution in [3.63, 3.8) is 0 Å². The largest absolute Gasteiger partial charge is 0.465 e. The van der Waals surface area contributed by atoms with E-state index in [-0.39, 0.29) is 16.7 Å². The lowest BCUT2D eigenvalue weighted by molar-refractivity contribution is -0.120. The fourth-order valence-corrected chi connectivity index (χ4v) is 9.43. The molecule has 1 atom stereocenters. The van der Waals surface area contributed by atoms with Crippen LogP contribution in [0.15, 0.2) is 46.7 Å². The molecule has 38 heavy (non-hydrogen) atoms. The fourth-order valence-electron chi connectivity index (χ4n) is 4.99. The highest BCUT2D eigenvalue weighted by atomic mass is 35.5. The van der Waals surface area contributed by atoms with E-state index in [0.717, 1.165) is 34.9 Å². The predicted molar refractivity (Wildman–Crippen MR) is 149 cm³/mol. The number of carbonyl (C=O) groups is 2. The van der Waals surface area contributed by atoms with Crippen molar-refractivity contribution in [1.82, 2.24) is 9.21 Å². The topological polar surface area (TPSA) is 96.0 Å². The molecule has 0 saturated carbocycles. The molecule has 12 heteroatoms. The summed E-state index contributed by atoms with van der Waals surface area (Å²) in [4.78, 5) is 29.5. The normalized spacial score (nSPS) is 18.6. The van der Waals surface area contributed by atoms with Crippen LogP contribution < -0.4 is 5.32 Å². The summed E-state index contributed by atoms with van der Waals surface area (Å²) in [5.41, 5.74) is 2.55. The van der Waals surface area contributed by atoms with Crippen LogP contribution in [0, 0.1) is 5.92 Å². The number of thiophene rings is 2. The van der Waals surface area contributed by atoms with Crippen molar-refractivity contribution < 1.29 is 22.7 Å². The molecule has 4 heterocycles. The first kappa shape index (κ1) is 27.3. The summed E-state index contributed by atoms with van der Waals surface area (Å²) in [5, 5.41) is 3.42. The van der Waals surface area contributed by atoms with Gasteiger partial charge in [-0.3, -0.25) is 9.69 Å². The molecular weight excluding hydrogens is 566 g/mol. The number of hydrogen-bond acceptors (Lipinski definition) is 8. The van der Waals surface area contributed by atoms with Gasteiger partial charge < -0.3 is 10.1 Å². The summed E-state index contributed by atoms with van der Waals surface area (Å²) in [7, 11) is -2.39. The average Bonchev–Trinajstić information content (AvgIpc) is 3.52. The minimum Gasteiger partial charge on any atom is -0.465 e. The SMILES string of the molecule is COC(=O)c1c(NC(=O)C2CCCN(S(=O)(=O)c3ccc(Cl)s3)C2)sc2c1CCN(Cc1ccccc1)C2. The molecule has 3 aromatic rings. The van der Waals surface area contributed by atoms with Crippen molar-refractivity contribution in [3.05, 3.63) is 68.4 Å². The molecule has 2 aliphatic heterocycles. The molecule has 5 rings (SSSR count). The Morgan fingerprint density at radius 2 is 1.92 bits per heavy atom. The van der Waals surface area contributed by atoms with Crippen molar-refractivity contribution in [2.75, 3.05) is 32.1 Å². The standard InChI is InChI=1S/C26H28ClN3O5S3/c1-35-26(32)23-19-11-13-29(14-17-6-3-2-4-7-17)16-20(19)36-25(23)28-24(31)18-8-5-12-30(15-18)38(33,34)22-10-9-21(27)37-22/h2-4,6-7,9-10,18H,5,8,11-16H2,1H3,(H,28,31). The van der Waals surface area contributed by atoms with Gasteiger partial charge in [-0.1, -0.05) is 41.9 Å². The number of hydrogen-bond donors (Lipinski definition) is 1. The summed E-state index contributed by atoms with van der Waals surface area (Å²) in [5.74, 6) is -1.30. The second kappa shape index (κ2) is 11.4. The van der Waals surface area contributed by atoms with E-state index in [1.807, 2.05) is 18.2 Å². The number of nitrogens with zero attached hydrogens (tertiary/aromatic N) is 2. The first-order chi connectivity index (χ1) is 18.3. The number of anilines is 1. The maximum absolute atomic E-state index is 13.4. The molecule has 1 amide bonds. The molecule has 8 nitrogen and oxygen atoms in total. The lowest BCUT2D eigenvalue weighted by Crippen LogP contribution is -2.43. The van der Waals surface area contributed by atoms with Crippen LogP contribution in [0.3, 0.4) is 0 Å². The Hall–Kier alpha value is -2.28. The zero-order valence-electron chi connectivity index (χ0n) is 20.8. The number of ether oxygens (including phenoxy) is 1. The molecular formula is C26H28ClN3O5S3. The number of esters is 1. The minimum atomic E-state index is -3.73. The Labute approximate surface area is 235 Å². The van der Waals surface area contributed by atoms with Crippen LogP contribution in [0.1, 0.15) is 39.2 Å². The lowest BCUT2D eigenvalue weighted by atomic mass is 9.98. The molecule has 202 valence electrons. The van der Waals surface area contributed by atoms with Gasteiger partial charge in [0.15, 0.2) is 0 Å². The van der Waals surface area contributed by atoms with E-state index in [1.54, 1.807) is 6.07 Å². The molecule has 0 aliphatic carbocycles. The molecule has 1 aromatic carbocycles. The van der Waals surface area contributed by atoms with E-state index in [1.165, 1.54) is 34.4 Å². The highest BCUT2D eigenvalue weighted by Gasteiger charge is 2.36. The van der Waals surface area contributed by atoms with Crippen LogP contribution in [-0.2, 0) is 39.1 Å². The number of benzene rings is 1. The van der Waals surface area contributed by atoms with Gasteiger partial charge in [0.2, 0.25) is 5.91 Å². The van der Waals surface area contributed by atoms with Gasteiger partial charge in [-0.25, -0.2) is 13.2 Å². The Bertz CT molecular complexity index is 1440. The van der Waals surface area contributed by atoms with E-state index in [9.17, 15) is 18.0 Å². The smallest absolute Gasteiger partial charge is 0.341 e. The third-order valence-electron chi connectivity index (χ3n) is 6.91. The van der Waals surface area contributed by atoms with Crippen molar-refractivity contribution >= 4 is 61.2 Å². The Balaban J connectivity index is 1.32. The van der Waals surface area contributed by atoms with Gasteiger partial charge in [0, 0.05) is 37.6 Å². The van der Waals surface area contributed by atoms with Crippen LogP contribution in [-0.4, -0.2) is 56.2 Å². The molecule has 0 spiro atoms. The van der Waals surface area contributed by atoms with E-state index in [4.69, 9.17) is 16.3 Å². The van der Waals surface area contributed by atoms with Crippen molar-refractivity contribution in [1.29, 1.82) is 0 Å². The van der Waals surface area contributed by atoms with Gasteiger partial charge in [0.1, 0.15) is 9.21 Å². The monoisotopic (exact) mass is 593 g/mol. The Kier molecular flexibility index (Phi) is 8.22. The predicted octanol–water partition coefficient (Wildman–Crippen LogP) is 4.85. The fraction of sp³-hybridized carbons (Fsp3) is 0.385. The second-order valence-corrected chi connectivity index (χ2v) is 14.4. The number of amides is 1. The van der Waals surface area contributed by atoms with Gasteiger partial charge in [0.25, 0.3) is 10.0 Å². The summed E-state index contributed by atoms with van der Waals surface area (Å²) >= 11 is 8.36. The number of sulfonamides is 1.